The van der Waals surface area contributed by atoms with Gasteiger partial charge in [0.2, 0.25) is 17.8 Å². The minimum Gasteiger partial charge on any atom is -0.241 e. The fraction of sp³-hybridized carbons (Fsp3) is 0. The van der Waals surface area contributed by atoms with Crippen molar-refractivity contribution in [2.24, 2.45) is 10.1 Å². The molecule has 4 aromatic rings. The van der Waals surface area contributed by atoms with E-state index in [1.54, 1.807) is 0 Å². The van der Waals surface area contributed by atoms with Crippen molar-refractivity contribution in [1.29, 1.82) is 5.26 Å². The van der Waals surface area contributed by atoms with Crippen LogP contribution in [0.4, 0.5) is 43.9 Å². The lowest BCUT2D eigenvalue weighted by Crippen LogP contribution is -2.26. The van der Waals surface area contributed by atoms with Crippen molar-refractivity contribution in [2.45, 2.75) is 0 Å². The van der Waals surface area contributed by atoms with Crippen molar-refractivity contribution in [3.8, 4) is 28.7 Å². The first-order valence-electron chi connectivity index (χ1n) is 10.9. The molecule has 0 saturated heterocycles. The molecule has 3 aromatic carbocycles. The quantitative estimate of drug-likeness (QED) is 0.0588. The zero-order chi connectivity index (χ0) is 30.6. The van der Waals surface area contributed by atoms with E-state index in [-0.39, 0.29) is 11.1 Å². The summed E-state index contributed by atoms with van der Waals surface area (Å²) in [6.45, 7) is 7.15. The summed E-state index contributed by atoms with van der Waals surface area (Å²) in [6.07, 6.45) is 1.40. The lowest BCUT2D eigenvalue weighted by Gasteiger charge is -2.22. The van der Waals surface area contributed by atoms with Gasteiger partial charge in [-0.3, -0.25) is 0 Å². The van der Waals surface area contributed by atoms with Crippen LogP contribution in [-0.2, 0) is 0 Å². The molecule has 1 aliphatic rings. The van der Waals surface area contributed by atoms with Crippen LogP contribution in [0.2, 0.25) is 0 Å². The van der Waals surface area contributed by atoms with Crippen molar-refractivity contribution in [1.82, 2.24) is 9.97 Å². The molecule has 5 rings (SSSR count). The first-order valence-corrected chi connectivity index (χ1v) is 10.9. The maximum absolute atomic E-state index is 15.0. The number of nitrogens with zero attached hydrogens (tertiary/aromatic N) is 6. The van der Waals surface area contributed by atoms with Crippen LogP contribution in [0.15, 0.2) is 34.4 Å². The average molecular weight is 590 g/mol. The monoisotopic (exact) mass is 590 g/mol. The number of hydrogen-bond donors (Lipinski definition) is 0. The van der Waals surface area contributed by atoms with E-state index in [1.807, 2.05) is 0 Å². The van der Waals surface area contributed by atoms with Gasteiger partial charge in [0.1, 0.15) is 28.5 Å². The molecule has 0 radical (unpaired) electrons. The van der Waals surface area contributed by atoms with Crippen LogP contribution in [0.5, 0.6) is 0 Å². The van der Waals surface area contributed by atoms with Crippen LogP contribution in [0.1, 0.15) is 22.5 Å². The zero-order valence-corrected chi connectivity index (χ0v) is 19.8. The predicted molar refractivity (Wildman–Crippen MR) is 122 cm³/mol. The van der Waals surface area contributed by atoms with Crippen LogP contribution in [-0.4, -0.2) is 21.4 Å². The van der Waals surface area contributed by atoms with Gasteiger partial charge in [-0.05, 0) is 0 Å². The fourth-order valence-electron chi connectivity index (χ4n) is 4.21. The maximum atomic E-state index is 15.0. The largest absolute Gasteiger partial charge is 0.241 e. The third kappa shape index (κ3) is 3.87. The normalized spacial score (nSPS) is 14.0. The summed E-state index contributed by atoms with van der Waals surface area (Å²) in [5, 5.41) is 12.8. The Morgan fingerprint density at radius 3 is 1.31 bits per heavy atom. The molecule has 1 aliphatic carbocycles. The van der Waals surface area contributed by atoms with E-state index in [4.69, 9.17) is 6.57 Å². The van der Waals surface area contributed by atoms with Crippen molar-refractivity contribution < 1.29 is 43.9 Å². The van der Waals surface area contributed by atoms with Crippen LogP contribution in [0, 0.1) is 76.2 Å². The van der Waals surface area contributed by atoms with Crippen molar-refractivity contribution in [3.05, 3.63) is 116 Å². The van der Waals surface area contributed by atoms with Gasteiger partial charge in [0.25, 0.3) is 0 Å². The first kappa shape index (κ1) is 27.9. The van der Waals surface area contributed by atoms with Crippen LogP contribution < -0.4 is 0 Å². The Balaban J connectivity index is 2.06. The van der Waals surface area contributed by atoms with Gasteiger partial charge in [-0.25, -0.2) is 53.9 Å². The molecule has 1 aromatic heterocycles. The molecule has 0 atom stereocenters. The third-order valence-corrected chi connectivity index (χ3v) is 5.99. The predicted octanol–water partition coefficient (Wildman–Crippen LogP) is 6.51. The molecule has 0 unspecified atom stereocenters. The number of benzene rings is 3. The summed E-state index contributed by atoms with van der Waals surface area (Å²) in [4.78, 5) is 13.9. The van der Waals surface area contributed by atoms with Gasteiger partial charge >= 0.3 is 0 Å². The Morgan fingerprint density at radius 2 is 0.929 bits per heavy atom. The summed E-state index contributed by atoms with van der Waals surface area (Å²) in [5.74, 6) is -25.8. The highest BCUT2D eigenvalue weighted by Crippen LogP contribution is 2.41. The summed E-state index contributed by atoms with van der Waals surface area (Å²) < 4.78 is 144. The topological polar surface area (TPSA) is 78.6 Å². The summed E-state index contributed by atoms with van der Waals surface area (Å²) >= 11 is 0. The van der Waals surface area contributed by atoms with Gasteiger partial charge in [0, 0.05) is 11.1 Å². The van der Waals surface area contributed by atoms with E-state index >= 15 is 0 Å². The van der Waals surface area contributed by atoms with E-state index in [0.717, 1.165) is 0 Å². The number of fused-ring (bicyclic) bond motifs is 2. The molecule has 0 fully saturated rings. The van der Waals surface area contributed by atoms with Crippen molar-refractivity contribution >= 4 is 11.4 Å². The lowest BCUT2D eigenvalue weighted by atomic mass is 9.87. The smallest absolute Gasteiger partial charge is 0.206 e. The summed E-state index contributed by atoms with van der Waals surface area (Å²) in [7, 11) is 0. The van der Waals surface area contributed by atoms with Gasteiger partial charge in [0.15, 0.2) is 52.2 Å². The number of halogens is 10. The standard InChI is InChI=1S/C26H4F10N6/c1-38-42-22-8-5-3-2-4-7(8)21(39-6-37)25-26(22)41-24(10-13(29)17(33)20(36)18(34)14(10)30)23(40-25)9-11(27)15(31)19(35)16(32)12(9)28/h2-5H. The van der Waals surface area contributed by atoms with Gasteiger partial charge in [-0.1, -0.05) is 24.3 Å². The Morgan fingerprint density at radius 1 is 0.571 bits per heavy atom. The molecule has 42 heavy (non-hydrogen) atoms. The fourth-order valence-corrected chi connectivity index (χ4v) is 4.21. The second-order valence-electron chi connectivity index (χ2n) is 8.16. The molecule has 208 valence electrons. The number of rotatable bonds is 2. The van der Waals surface area contributed by atoms with E-state index in [0.29, 0.717) is 0 Å². The molecule has 6 nitrogen and oxygen atoms in total. The number of aliphatic imine (C=N–C) groups is 1. The SMILES string of the molecule is [C-]#[N+]N=C1c2ccccc2C(=NC#N)c2nc(-c3c(F)c(F)c(F)c(F)c3F)c(-c3c(F)c(F)c(F)c(F)c3F)nc21. The Labute approximate surface area is 226 Å². The van der Waals surface area contributed by atoms with Crippen molar-refractivity contribution in [2.75, 3.05) is 0 Å². The molecule has 0 saturated carbocycles. The highest BCUT2D eigenvalue weighted by atomic mass is 19.2. The minimum absolute atomic E-state index is 0.00311. The zero-order valence-electron chi connectivity index (χ0n) is 19.8. The van der Waals surface area contributed by atoms with E-state index in [2.05, 4.69) is 25.0 Å². The number of nitriles is 1. The van der Waals surface area contributed by atoms with E-state index in [1.165, 1.54) is 30.5 Å². The molecule has 0 aliphatic heterocycles. The highest BCUT2D eigenvalue weighted by Gasteiger charge is 2.38. The molecule has 16 heteroatoms. The molecular weight excluding hydrogens is 586 g/mol. The second kappa shape index (κ2) is 10.1. The summed E-state index contributed by atoms with van der Waals surface area (Å²) in [5.41, 5.74) is -9.46. The molecule has 0 N–H and O–H groups in total. The highest BCUT2D eigenvalue weighted by molar-refractivity contribution is 6.30. The van der Waals surface area contributed by atoms with Gasteiger partial charge in [-0.2, -0.15) is 16.8 Å². The lowest BCUT2D eigenvalue weighted by molar-refractivity contribution is 0.380. The van der Waals surface area contributed by atoms with E-state index < -0.39 is 103 Å². The Hall–Kier alpha value is -5.64. The number of hydrogen-bond acceptors (Lipinski definition) is 5. The summed E-state index contributed by atoms with van der Waals surface area (Å²) in [6, 6.07) is 5.45. The number of aromatic nitrogens is 2. The molecule has 0 spiro atoms. The minimum atomic E-state index is -2.63. The molecule has 1 heterocycles. The molecule has 0 amide bonds. The second-order valence-corrected chi connectivity index (χ2v) is 8.16. The Kier molecular flexibility index (Phi) is 6.70. The van der Waals surface area contributed by atoms with Gasteiger partial charge in [-0.15, -0.1) is 4.95 Å². The van der Waals surface area contributed by atoms with Crippen LogP contribution >= 0.6 is 0 Å². The van der Waals surface area contributed by atoms with Crippen LogP contribution in [0.25, 0.3) is 27.5 Å². The maximum Gasteiger partial charge on any atom is 0.206 e. The van der Waals surface area contributed by atoms with Gasteiger partial charge < -0.3 is 0 Å². The van der Waals surface area contributed by atoms with E-state index in [9.17, 15) is 49.2 Å². The molecule has 0 bridgehead atoms. The third-order valence-electron chi connectivity index (χ3n) is 5.99. The molecular formula is C26H4F10N6. The first-order chi connectivity index (χ1) is 20.0. The van der Waals surface area contributed by atoms with Crippen molar-refractivity contribution in [3.63, 3.8) is 0 Å². The average Bonchev–Trinajstić information content (AvgIpc) is 2.99. The van der Waals surface area contributed by atoms with Gasteiger partial charge in [0.05, 0.1) is 16.2 Å². The van der Waals surface area contributed by atoms with Crippen LogP contribution in [0.3, 0.4) is 0 Å². The Bertz CT molecular complexity index is 1820.